The van der Waals surface area contributed by atoms with Gasteiger partial charge in [0.1, 0.15) is 0 Å². The summed E-state index contributed by atoms with van der Waals surface area (Å²) >= 11 is 1.48. The van der Waals surface area contributed by atoms with Crippen LogP contribution in [0, 0.1) is 6.92 Å². The standard InChI is InChI=1S/C15H17NOS/c1-10(2)16-13-9-11(3)6-7-12(13)15(17)14-5-4-8-18-14/h4-10,16H,1-3H3. The van der Waals surface area contributed by atoms with E-state index in [1.54, 1.807) is 0 Å². The Labute approximate surface area is 112 Å². The summed E-state index contributed by atoms with van der Waals surface area (Å²) in [6.07, 6.45) is 0. The molecule has 1 aromatic heterocycles. The van der Waals surface area contributed by atoms with Crippen LogP contribution >= 0.6 is 11.3 Å². The highest BCUT2D eigenvalue weighted by Gasteiger charge is 2.15. The number of ketones is 1. The maximum absolute atomic E-state index is 12.4. The zero-order chi connectivity index (χ0) is 13.1. The molecule has 18 heavy (non-hydrogen) atoms. The van der Waals surface area contributed by atoms with Crippen LogP contribution in [0.15, 0.2) is 35.7 Å². The molecule has 2 aromatic rings. The van der Waals surface area contributed by atoms with Gasteiger partial charge in [-0.2, -0.15) is 0 Å². The second-order valence-electron chi connectivity index (χ2n) is 4.65. The van der Waals surface area contributed by atoms with Crippen molar-refractivity contribution in [2.45, 2.75) is 26.8 Å². The van der Waals surface area contributed by atoms with Crippen molar-refractivity contribution in [2.75, 3.05) is 5.32 Å². The van der Waals surface area contributed by atoms with E-state index in [4.69, 9.17) is 0 Å². The van der Waals surface area contributed by atoms with Crippen molar-refractivity contribution in [3.05, 3.63) is 51.7 Å². The van der Waals surface area contributed by atoms with Crippen LogP contribution < -0.4 is 5.32 Å². The average Bonchev–Trinajstić information content (AvgIpc) is 2.81. The van der Waals surface area contributed by atoms with Gasteiger partial charge in [-0.1, -0.05) is 12.1 Å². The lowest BCUT2D eigenvalue weighted by Gasteiger charge is -2.14. The molecule has 1 N–H and O–H groups in total. The van der Waals surface area contributed by atoms with Crippen LogP contribution in [0.3, 0.4) is 0 Å². The van der Waals surface area contributed by atoms with Crippen LogP contribution in [0.25, 0.3) is 0 Å². The highest BCUT2D eigenvalue weighted by Crippen LogP contribution is 2.23. The van der Waals surface area contributed by atoms with Crippen molar-refractivity contribution < 1.29 is 4.79 Å². The molecule has 0 unspecified atom stereocenters. The van der Waals surface area contributed by atoms with Gasteiger partial charge >= 0.3 is 0 Å². The van der Waals surface area contributed by atoms with E-state index in [1.165, 1.54) is 11.3 Å². The molecule has 1 aromatic carbocycles. The summed E-state index contributed by atoms with van der Waals surface area (Å²) in [6, 6.07) is 9.99. The fraction of sp³-hybridized carbons (Fsp3) is 0.267. The third-order valence-electron chi connectivity index (χ3n) is 2.61. The number of benzene rings is 1. The van der Waals surface area contributed by atoms with Crippen LogP contribution in [0.2, 0.25) is 0 Å². The van der Waals surface area contributed by atoms with E-state index in [9.17, 15) is 4.79 Å². The van der Waals surface area contributed by atoms with Gasteiger partial charge in [0.2, 0.25) is 5.78 Å². The molecule has 0 aliphatic rings. The molecule has 2 rings (SSSR count). The quantitative estimate of drug-likeness (QED) is 0.837. The van der Waals surface area contributed by atoms with Crippen LogP contribution in [0.5, 0.6) is 0 Å². The van der Waals surface area contributed by atoms with Crippen molar-refractivity contribution in [3.8, 4) is 0 Å². The summed E-state index contributed by atoms with van der Waals surface area (Å²) in [5.74, 6) is 0.0909. The lowest BCUT2D eigenvalue weighted by atomic mass is 10.0. The zero-order valence-corrected chi connectivity index (χ0v) is 11.7. The molecule has 0 fully saturated rings. The lowest BCUT2D eigenvalue weighted by Crippen LogP contribution is -2.13. The fourth-order valence-corrected chi connectivity index (χ4v) is 2.50. The first kappa shape index (κ1) is 12.8. The Bertz CT molecular complexity index is 544. The van der Waals surface area contributed by atoms with Crippen LogP contribution in [0.1, 0.15) is 34.6 Å². The average molecular weight is 259 g/mol. The molecule has 0 saturated heterocycles. The number of hydrogen-bond donors (Lipinski definition) is 1. The van der Waals surface area contributed by atoms with E-state index in [2.05, 4.69) is 19.2 Å². The van der Waals surface area contributed by atoms with Crippen molar-refractivity contribution in [3.63, 3.8) is 0 Å². The molecule has 0 spiro atoms. The van der Waals surface area contributed by atoms with E-state index in [1.807, 2.05) is 42.6 Å². The number of aryl methyl sites for hydroxylation is 1. The number of anilines is 1. The molecule has 94 valence electrons. The third kappa shape index (κ3) is 2.79. The molecule has 0 radical (unpaired) electrons. The minimum atomic E-state index is 0.0909. The molecule has 0 saturated carbocycles. The molecule has 3 heteroatoms. The van der Waals surface area contributed by atoms with Crippen LogP contribution in [-0.2, 0) is 0 Å². The van der Waals surface area contributed by atoms with Gasteiger partial charge in [0.25, 0.3) is 0 Å². The smallest absolute Gasteiger partial charge is 0.205 e. The second-order valence-corrected chi connectivity index (χ2v) is 5.60. The van der Waals surface area contributed by atoms with Crippen molar-refractivity contribution in [2.24, 2.45) is 0 Å². The first-order valence-electron chi connectivity index (χ1n) is 6.03. The molecule has 0 aliphatic heterocycles. The first-order chi connectivity index (χ1) is 8.58. The second kappa shape index (κ2) is 5.36. The van der Waals surface area contributed by atoms with Crippen molar-refractivity contribution in [1.82, 2.24) is 0 Å². The van der Waals surface area contributed by atoms with E-state index in [0.717, 1.165) is 21.7 Å². The maximum Gasteiger partial charge on any atom is 0.205 e. The number of nitrogens with one attached hydrogen (secondary N) is 1. The minimum Gasteiger partial charge on any atom is -0.382 e. The Morgan fingerprint density at radius 2 is 2.06 bits per heavy atom. The van der Waals surface area contributed by atoms with Gasteiger partial charge in [0, 0.05) is 17.3 Å². The first-order valence-corrected chi connectivity index (χ1v) is 6.91. The summed E-state index contributed by atoms with van der Waals surface area (Å²) < 4.78 is 0. The number of hydrogen-bond acceptors (Lipinski definition) is 3. The molecule has 0 aliphatic carbocycles. The maximum atomic E-state index is 12.4. The Balaban J connectivity index is 2.40. The van der Waals surface area contributed by atoms with E-state index in [-0.39, 0.29) is 5.78 Å². The predicted octanol–water partition coefficient (Wildman–Crippen LogP) is 4.11. The summed E-state index contributed by atoms with van der Waals surface area (Å²) in [5, 5.41) is 5.27. The molecule has 0 amide bonds. The summed E-state index contributed by atoms with van der Waals surface area (Å²) in [5.41, 5.74) is 2.82. The van der Waals surface area contributed by atoms with Gasteiger partial charge in [0.15, 0.2) is 0 Å². The van der Waals surface area contributed by atoms with E-state index >= 15 is 0 Å². The van der Waals surface area contributed by atoms with Crippen molar-refractivity contribution in [1.29, 1.82) is 0 Å². The summed E-state index contributed by atoms with van der Waals surface area (Å²) in [7, 11) is 0. The number of carbonyl (C=O) groups is 1. The largest absolute Gasteiger partial charge is 0.382 e. The third-order valence-corrected chi connectivity index (χ3v) is 3.48. The Hall–Kier alpha value is -1.61. The Kier molecular flexibility index (Phi) is 3.82. The molecule has 2 nitrogen and oxygen atoms in total. The van der Waals surface area contributed by atoms with Gasteiger partial charge in [-0.05, 0) is 49.9 Å². The van der Waals surface area contributed by atoms with Gasteiger partial charge in [-0.15, -0.1) is 11.3 Å². The Morgan fingerprint density at radius 1 is 1.28 bits per heavy atom. The normalized spacial score (nSPS) is 10.7. The fourth-order valence-electron chi connectivity index (χ4n) is 1.83. The van der Waals surface area contributed by atoms with Gasteiger partial charge in [-0.25, -0.2) is 0 Å². The highest BCUT2D eigenvalue weighted by atomic mass is 32.1. The molecule has 0 atom stereocenters. The van der Waals surface area contributed by atoms with E-state index < -0.39 is 0 Å². The predicted molar refractivity (Wildman–Crippen MR) is 77.7 cm³/mol. The molecule has 1 heterocycles. The molecular weight excluding hydrogens is 242 g/mol. The van der Waals surface area contributed by atoms with E-state index in [0.29, 0.717) is 6.04 Å². The lowest BCUT2D eigenvalue weighted by molar-refractivity contribution is 0.104. The van der Waals surface area contributed by atoms with Gasteiger partial charge in [-0.3, -0.25) is 4.79 Å². The summed E-state index contributed by atoms with van der Waals surface area (Å²) in [4.78, 5) is 13.2. The van der Waals surface area contributed by atoms with Gasteiger partial charge < -0.3 is 5.32 Å². The van der Waals surface area contributed by atoms with Gasteiger partial charge in [0.05, 0.1) is 4.88 Å². The number of thiophene rings is 1. The minimum absolute atomic E-state index is 0.0909. The monoisotopic (exact) mass is 259 g/mol. The molecular formula is C15H17NOS. The molecule has 0 bridgehead atoms. The zero-order valence-electron chi connectivity index (χ0n) is 10.9. The number of carbonyl (C=O) groups excluding carboxylic acids is 1. The topological polar surface area (TPSA) is 29.1 Å². The summed E-state index contributed by atoms with van der Waals surface area (Å²) in [6.45, 7) is 6.17. The SMILES string of the molecule is Cc1ccc(C(=O)c2cccs2)c(NC(C)C)c1. The number of rotatable bonds is 4. The van der Waals surface area contributed by atoms with Crippen molar-refractivity contribution >= 4 is 22.8 Å². The van der Waals surface area contributed by atoms with Crippen LogP contribution in [0.4, 0.5) is 5.69 Å². The highest BCUT2D eigenvalue weighted by molar-refractivity contribution is 7.12. The van der Waals surface area contributed by atoms with Crippen LogP contribution in [-0.4, -0.2) is 11.8 Å². The Morgan fingerprint density at radius 3 is 2.67 bits per heavy atom.